The van der Waals surface area contributed by atoms with E-state index in [0.29, 0.717) is 21.5 Å². The molecule has 3 heterocycles. The Labute approximate surface area is 169 Å². The molecule has 0 aliphatic rings. The zero-order valence-corrected chi connectivity index (χ0v) is 16.5. The summed E-state index contributed by atoms with van der Waals surface area (Å²) in [6, 6.07) is 8.15. The van der Waals surface area contributed by atoms with Crippen molar-refractivity contribution in [3.63, 3.8) is 0 Å². The van der Waals surface area contributed by atoms with Crippen LogP contribution in [0.4, 0.5) is 5.69 Å². The first-order chi connectivity index (χ1) is 13.8. The lowest BCUT2D eigenvalue weighted by Crippen LogP contribution is -2.27. The van der Waals surface area contributed by atoms with Crippen molar-refractivity contribution in [3.8, 4) is 0 Å². The number of amides is 2. The van der Waals surface area contributed by atoms with E-state index in [1.807, 2.05) is 19.9 Å². The molecule has 146 valence electrons. The summed E-state index contributed by atoms with van der Waals surface area (Å²) in [6.07, 6.45) is 1.38. The summed E-state index contributed by atoms with van der Waals surface area (Å²) in [4.78, 5) is 46.0. The number of anilines is 1. The van der Waals surface area contributed by atoms with Crippen LogP contribution < -0.4 is 16.6 Å². The molecule has 0 saturated heterocycles. The Morgan fingerprint density at radius 1 is 1.21 bits per heavy atom. The molecule has 1 aromatic carbocycles. The first kappa shape index (κ1) is 18.8. The number of hydrogen-bond acceptors (Lipinski definition) is 6. The number of aromatic nitrogens is 3. The van der Waals surface area contributed by atoms with E-state index in [9.17, 15) is 14.4 Å². The molecule has 29 heavy (non-hydrogen) atoms. The maximum absolute atomic E-state index is 12.9. The summed E-state index contributed by atoms with van der Waals surface area (Å²) in [6.45, 7) is 3.69. The third kappa shape index (κ3) is 3.47. The highest BCUT2D eigenvalue weighted by Crippen LogP contribution is 2.31. The fourth-order valence-corrected chi connectivity index (χ4v) is 4.39. The molecule has 0 radical (unpaired) electrons. The van der Waals surface area contributed by atoms with E-state index in [-0.39, 0.29) is 18.0 Å². The van der Waals surface area contributed by atoms with Crippen molar-refractivity contribution in [2.45, 2.75) is 20.4 Å². The van der Waals surface area contributed by atoms with Crippen molar-refractivity contribution in [2.24, 2.45) is 5.73 Å². The first-order valence-corrected chi connectivity index (χ1v) is 9.61. The number of primary amides is 1. The van der Waals surface area contributed by atoms with E-state index < -0.39 is 5.91 Å². The maximum Gasteiger partial charge on any atom is 0.271 e. The number of nitrogens with two attached hydrogens (primary N) is 1. The summed E-state index contributed by atoms with van der Waals surface area (Å²) in [5.41, 5.74) is 8.26. The van der Waals surface area contributed by atoms with Crippen molar-refractivity contribution < 1.29 is 9.59 Å². The summed E-state index contributed by atoms with van der Waals surface area (Å²) in [5.74, 6) is -0.927. The third-order valence-corrected chi connectivity index (χ3v) is 5.57. The summed E-state index contributed by atoms with van der Waals surface area (Å²) >= 11 is 1.28. The average Bonchev–Trinajstić information content (AvgIpc) is 3.04. The van der Waals surface area contributed by atoms with E-state index >= 15 is 0 Å². The van der Waals surface area contributed by atoms with Gasteiger partial charge in [-0.2, -0.15) is 0 Å². The summed E-state index contributed by atoms with van der Waals surface area (Å²) < 4.78 is 1.75. The Bertz CT molecular complexity index is 1340. The number of carbonyl (C=O) groups excluding carboxylic acids is 2. The van der Waals surface area contributed by atoms with E-state index in [2.05, 4.69) is 15.3 Å². The quantitative estimate of drug-likeness (QED) is 0.538. The smallest absolute Gasteiger partial charge is 0.271 e. The molecular weight excluding hydrogens is 390 g/mol. The SMILES string of the molecule is Cc1cc(C)c2c(n1)sc1c(=O)n(CC(=O)Nc3ccc(C(N)=O)cc3)cnc12. The zero-order valence-electron chi connectivity index (χ0n) is 15.7. The van der Waals surface area contributed by atoms with Gasteiger partial charge in [-0.05, 0) is 49.7 Å². The molecule has 0 saturated carbocycles. The molecule has 2 amide bonds. The Morgan fingerprint density at radius 3 is 2.62 bits per heavy atom. The van der Waals surface area contributed by atoms with Gasteiger partial charge in [0, 0.05) is 22.3 Å². The van der Waals surface area contributed by atoms with Crippen LogP contribution in [0.3, 0.4) is 0 Å². The number of nitrogens with zero attached hydrogens (tertiary/aromatic N) is 3. The molecule has 9 heteroatoms. The van der Waals surface area contributed by atoms with Gasteiger partial charge >= 0.3 is 0 Å². The number of hydrogen-bond donors (Lipinski definition) is 2. The molecule has 3 aromatic heterocycles. The van der Waals surface area contributed by atoms with Crippen molar-refractivity contribution in [2.75, 3.05) is 5.32 Å². The minimum absolute atomic E-state index is 0.182. The van der Waals surface area contributed by atoms with E-state index in [1.54, 1.807) is 12.1 Å². The fourth-order valence-electron chi connectivity index (χ4n) is 3.19. The maximum atomic E-state index is 12.9. The van der Waals surface area contributed by atoms with Crippen LogP contribution in [0.1, 0.15) is 21.6 Å². The molecule has 3 N–H and O–H groups in total. The minimum Gasteiger partial charge on any atom is -0.366 e. The minimum atomic E-state index is -0.544. The summed E-state index contributed by atoms with van der Waals surface area (Å²) in [7, 11) is 0. The molecule has 0 aliphatic carbocycles. The third-order valence-electron chi connectivity index (χ3n) is 4.51. The number of pyridine rings is 1. The lowest BCUT2D eigenvalue weighted by Gasteiger charge is -2.07. The zero-order chi connectivity index (χ0) is 20.7. The number of rotatable bonds is 4. The van der Waals surface area contributed by atoms with Crippen molar-refractivity contribution in [3.05, 3.63) is 63.8 Å². The molecule has 0 aliphatic heterocycles. The van der Waals surface area contributed by atoms with Crippen LogP contribution in [-0.4, -0.2) is 26.3 Å². The fraction of sp³-hybridized carbons (Fsp3) is 0.150. The standard InChI is InChI=1S/C20H17N5O3S/c1-10-7-11(2)23-19-15(10)16-17(29-19)20(28)25(9-22-16)8-14(26)24-13-5-3-12(4-6-13)18(21)27/h3-7,9H,8H2,1-2H3,(H2,21,27)(H,24,26). The summed E-state index contributed by atoms with van der Waals surface area (Å²) in [5, 5.41) is 3.56. The number of aryl methyl sites for hydroxylation is 2. The second kappa shape index (κ2) is 7.10. The van der Waals surface area contributed by atoms with Crippen molar-refractivity contribution in [1.82, 2.24) is 14.5 Å². The van der Waals surface area contributed by atoms with Crippen LogP contribution >= 0.6 is 11.3 Å². The molecule has 0 atom stereocenters. The van der Waals surface area contributed by atoms with Gasteiger partial charge in [-0.1, -0.05) is 0 Å². The lowest BCUT2D eigenvalue weighted by molar-refractivity contribution is -0.116. The second-order valence-corrected chi connectivity index (χ2v) is 7.71. The predicted octanol–water partition coefficient (Wildman–Crippen LogP) is 2.36. The van der Waals surface area contributed by atoms with Crippen LogP contribution in [0, 0.1) is 13.8 Å². The Morgan fingerprint density at radius 2 is 1.93 bits per heavy atom. The van der Waals surface area contributed by atoms with Crippen molar-refractivity contribution in [1.29, 1.82) is 0 Å². The first-order valence-electron chi connectivity index (χ1n) is 8.79. The molecule has 0 spiro atoms. The van der Waals surface area contributed by atoms with Crippen molar-refractivity contribution >= 4 is 49.3 Å². The van der Waals surface area contributed by atoms with E-state index in [0.717, 1.165) is 21.5 Å². The van der Waals surface area contributed by atoms with Gasteiger partial charge in [0.1, 0.15) is 16.1 Å². The number of carbonyl (C=O) groups is 2. The second-order valence-electron chi connectivity index (χ2n) is 6.71. The van der Waals surface area contributed by atoms with Crippen LogP contribution in [0.25, 0.3) is 20.4 Å². The highest BCUT2D eigenvalue weighted by atomic mass is 32.1. The Kier molecular flexibility index (Phi) is 4.59. The molecule has 0 bridgehead atoms. The molecular formula is C20H17N5O3S. The lowest BCUT2D eigenvalue weighted by atomic mass is 10.1. The Hall–Kier alpha value is -3.59. The van der Waals surface area contributed by atoms with Crippen LogP contribution in [0.15, 0.2) is 41.5 Å². The number of thiophene rings is 1. The van der Waals surface area contributed by atoms with Gasteiger partial charge in [0.15, 0.2) is 0 Å². The molecule has 8 nitrogen and oxygen atoms in total. The normalized spacial score (nSPS) is 11.1. The van der Waals surface area contributed by atoms with Gasteiger partial charge in [-0.25, -0.2) is 9.97 Å². The van der Waals surface area contributed by atoms with Gasteiger partial charge in [0.25, 0.3) is 5.56 Å². The average molecular weight is 407 g/mol. The highest BCUT2D eigenvalue weighted by molar-refractivity contribution is 7.25. The van der Waals surface area contributed by atoms with Gasteiger partial charge in [0.2, 0.25) is 11.8 Å². The van der Waals surface area contributed by atoms with Crippen LogP contribution in [-0.2, 0) is 11.3 Å². The molecule has 4 rings (SSSR count). The van der Waals surface area contributed by atoms with Gasteiger partial charge in [0.05, 0.1) is 11.8 Å². The van der Waals surface area contributed by atoms with E-state index in [4.69, 9.17) is 5.73 Å². The van der Waals surface area contributed by atoms with Crippen LogP contribution in [0.5, 0.6) is 0 Å². The monoisotopic (exact) mass is 407 g/mol. The Balaban J connectivity index is 1.62. The van der Waals surface area contributed by atoms with Gasteiger partial charge in [-0.3, -0.25) is 19.0 Å². The number of fused-ring (bicyclic) bond motifs is 3. The topological polar surface area (TPSA) is 120 Å². The largest absolute Gasteiger partial charge is 0.366 e. The molecule has 0 unspecified atom stereocenters. The van der Waals surface area contributed by atoms with Crippen LogP contribution in [0.2, 0.25) is 0 Å². The number of nitrogens with one attached hydrogen (secondary N) is 1. The molecule has 0 fully saturated rings. The molecule has 4 aromatic rings. The highest BCUT2D eigenvalue weighted by Gasteiger charge is 2.16. The number of benzene rings is 1. The predicted molar refractivity (Wildman–Crippen MR) is 112 cm³/mol. The van der Waals surface area contributed by atoms with E-state index in [1.165, 1.54) is 34.4 Å². The van der Waals surface area contributed by atoms with Gasteiger partial charge < -0.3 is 11.1 Å². The van der Waals surface area contributed by atoms with Gasteiger partial charge in [-0.15, -0.1) is 11.3 Å².